The van der Waals surface area contributed by atoms with E-state index < -0.39 is 0 Å². The SMILES string of the molecule is NC1CC(c2cc(Cl)ccc2Cl)Oc2cc(F)ccc21. The maximum absolute atomic E-state index is 13.3. The molecule has 0 amide bonds. The van der Waals surface area contributed by atoms with E-state index in [0.29, 0.717) is 22.2 Å². The molecule has 0 fully saturated rings. The van der Waals surface area contributed by atoms with Crippen molar-refractivity contribution in [3.8, 4) is 5.75 Å². The number of ether oxygens (including phenoxy) is 1. The zero-order valence-corrected chi connectivity index (χ0v) is 12.0. The Kier molecular flexibility index (Phi) is 3.59. The minimum absolute atomic E-state index is 0.223. The first-order valence-corrected chi connectivity index (χ1v) is 6.97. The van der Waals surface area contributed by atoms with Crippen molar-refractivity contribution in [2.24, 2.45) is 5.73 Å². The quantitative estimate of drug-likeness (QED) is 0.831. The monoisotopic (exact) mass is 311 g/mol. The van der Waals surface area contributed by atoms with E-state index in [1.54, 1.807) is 24.3 Å². The van der Waals surface area contributed by atoms with E-state index in [0.717, 1.165) is 11.1 Å². The first-order valence-electron chi connectivity index (χ1n) is 6.21. The van der Waals surface area contributed by atoms with E-state index >= 15 is 0 Å². The molecule has 0 radical (unpaired) electrons. The van der Waals surface area contributed by atoms with Crippen molar-refractivity contribution in [3.63, 3.8) is 0 Å². The van der Waals surface area contributed by atoms with Crippen LogP contribution in [0.3, 0.4) is 0 Å². The van der Waals surface area contributed by atoms with Crippen LogP contribution in [0.5, 0.6) is 5.75 Å². The molecule has 0 saturated carbocycles. The van der Waals surface area contributed by atoms with Crippen molar-refractivity contribution >= 4 is 23.2 Å². The van der Waals surface area contributed by atoms with Crippen LogP contribution in [0, 0.1) is 5.82 Å². The fourth-order valence-electron chi connectivity index (χ4n) is 2.43. The predicted octanol–water partition coefficient (Wildman–Crippen LogP) is 4.66. The number of fused-ring (bicyclic) bond motifs is 1. The zero-order valence-electron chi connectivity index (χ0n) is 10.4. The summed E-state index contributed by atoms with van der Waals surface area (Å²) in [5.41, 5.74) is 7.71. The van der Waals surface area contributed by atoms with Gasteiger partial charge in [0.15, 0.2) is 0 Å². The summed E-state index contributed by atoms with van der Waals surface area (Å²) >= 11 is 12.2. The van der Waals surface area contributed by atoms with Crippen LogP contribution in [0.2, 0.25) is 10.0 Å². The highest BCUT2D eigenvalue weighted by molar-refractivity contribution is 6.33. The van der Waals surface area contributed by atoms with Crippen LogP contribution in [0.4, 0.5) is 4.39 Å². The van der Waals surface area contributed by atoms with Crippen molar-refractivity contribution in [1.29, 1.82) is 0 Å². The highest BCUT2D eigenvalue weighted by Gasteiger charge is 2.28. The van der Waals surface area contributed by atoms with Gasteiger partial charge in [0.05, 0.1) is 0 Å². The maximum Gasteiger partial charge on any atom is 0.127 e. The third-order valence-electron chi connectivity index (χ3n) is 3.42. The third-order valence-corrected chi connectivity index (χ3v) is 4.00. The molecular weight excluding hydrogens is 300 g/mol. The first-order chi connectivity index (χ1) is 9.54. The molecule has 0 bridgehead atoms. The standard InChI is InChI=1S/C15H12Cl2FNO/c16-8-1-4-12(17)11(5-8)15-7-13(19)10-3-2-9(18)6-14(10)20-15/h1-6,13,15H,7,19H2. The van der Waals surface area contributed by atoms with E-state index in [-0.39, 0.29) is 18.0 Å². The lowest BCUT2D eigenvalue weighted by Gasteiger charge is -2.31. The summed E-state index contributed by atoms with van der Waals surface area (Å²) < 4.78 is 19.2. The van der Waals surface area contributed by atoms with Crippen molar-refractivity contribution in [2.45, 2.75) is 18.6 Å². The summed E-state index contributed by atoms with van der Waals surface area (Å²) in [5.74, 6) is 0.110. The summed E-state index contributed by atoms with van der Waals surface area (Å²) in [4.78, 5) is 0. The van der Waals surface area contributed by atoms with Gasteiger partial charge in [0.1, 0.15) is 17.7 Å². The van der Waals surface area contributed by atoms with Gasteiger partial charge in [-0.3, -0.25) is 0 Å². The molecule has 104 valence electrons. The number of benzene rings is 2. The Morgan fingerprint density at radius 2 is 1.90 bits per heavy atom. The number of halogens is 3. The molecule has 5 heteroatoms. The van der Waals surface area contributed by atoms with Gasteiger partial charge in [-0.2, -0.15) is 0 Å². The van der Waals surface area contributed by atoms with Crippen LogP contribution in [0.15, 0.2) is 36.4 Å². The molecule has 2 nitrogen and oxygen atoms in total. The van der Waals surface area contributed by atoms with Gasteiger partial charge in [0.25, 0.3) is 0 Å². The van der Waals surface area contributed by atoms with Gasteiger partial charge in [-0.15, -0.1) is 0 Å². The second kappa shape index (κ2) is 5.24. The molecule has 20 heavy (non-hydrogen) atoms. The summed E-state index contributed by atoms with van der Waals surface area (Å²) in [6, 6.07) is 9.35. The Morgan fingerprint density at radius 1 is 1.10 bits per heavy atom. The molecule has 3 rings (SSSR count). The minimum Gasteiger partial charge on any atom is -0.485 e. The second-order valence-corrected chi connectivity index (χ2v) is 5.64. The molecule has 2 aromatic rings. The van der Waals surface area contributed by atoms with Crippen LogP contribution < -0.4 is 10.5 Å². The van der Waals surface area contributed by atoms with Crippen molar-refractivity contribution in [1.82, 2.24) is 0 Å². The normalized spacial score (nSPS) is 21.2. The molecule has 2 aromatic carbocycles. The number of nitrogens with two attached hydrogens (primary N) is 1. The van der Waals surface area contributed by atoms with Crippen LogP contribution >= 0.6 is 23.2 Å². The lowest BCUT2D eigenvalue weighted by Crippen LogP contribution is -2.24. The van der Waals surface area contributed by atoms with E-state index in [1.807, 2.05) is 0 Å². The molecule has 1 aliphatic rings. The number of rotatable bonds is 1. The van der Waals surface area contributed by atoms with E-state index in [2.05, 4.69) is 0 Å². The Balaban J connectivity index is 2.00. The maximum atomic E-state index is 13.3. The molecule has 2 unspecified atom stereocenters. The minimum atomic E-state index is -0.353. The van der Waals surface area contributed by atoms with Gasteiger partial charge in [0.2, 0.25) is 0 Å². The second-order valence-electron chi connectivity index (χ2n) is 4.80. The van der Waals surface area contributed by atoms with Gasteiger partial charge in [-0.25, -0.2) is 4.39 Å². The number of hydrogen-bond acceptors (Lipinski definition) is 2. The highest BCUT2D eigenvalue weighted by Crippen LogP contribution is 2.42. The van der Waals surface area contributed by atoms with Gasteiger partial charge >= 0.3 is 0 Å². The fourth-order valence-corrected chi connectivity index (χ4v) is 2.85. The van der Waals surface area contributed by atoms with Gasteiger partial charge in [-0.1, -0.05) is 29.3 Å². The summed E-state index contributed by atoms with van der Waals surface area (Å²) in [5, 5.41) is 1.14. The summed E-state index contributed by atoms with van der Waals surface area (Å²) in [7, 11) is 0. The fraction of sp³-hybridized carbons (Fsp3) is 0.200. The molecule has 0 saturated heterocycles. The Bertz CT molecular complexity index is 662. The Hall–Kier alpha value is -1.29. The highest BCUT2D eigenvalue weighted by atomic mass is 35.5. The van der Waals surface area contributed by atoms with E-state index in [1.165, 1.54) is 12.1 Å². The topological polar surface area (TPSA) is 35.2 Å². The first kappa shape index (κ1) is 13.7. The molecule has 1 aliphatic heterocycles. The van der Waals surface area contributed by atoms with Crippen molar-refractivity contribution in [3.05, 3.63) is 63.4 Å². The molecule has 1 heterocycles. The Labute approximate surface area is 126 Å². The number of hydrogen-bond donors (Lipinski definition) is 1. The smallest absolute Gasteiger partial charge is 0.127 e. The van der Waals surface area contributed by atoms with E-state index in [4.69, 9.17) is 33.7 Å². The van der Waals surface area contributed by atoms with Crippen LogP contribution in [-0.4, -0.2) is 0 Å². The lowest BCUT2D eigenvalue weighted by molar-refractivity contribution is 0.161. The summed E-state index contributed by atoms with van der Waals surface area (Å²) in [6.07, 6.45) is 0.240. The molecule has 0 aromatic heterocycles. The van der Waals surface area contributed by atoms with Crippen molar-refractivity contribution < 1.29 is 9.13 Å². The van der Waals surface area contributed by atoms with Crippen molar-refractivity contribution in [2.75, 3.05) is 0 Å². The average molecular weight is 312 g/mol. The average Bonchev–Trinajstić information content (AvgIpc) is 2.41. The molecule has 0 spiro atoms. The Morgan fingerprint density at radius 3 is 2.70 bits per heavy atom. The van der Waals surface area contributed by atoms with Gasteiger partial charge in [0, 0.05) is 39.7 Å². The largest absolute Gasteiger partial charge is 0.485 e. The van der Waals surface area contributed by atoms with Gasteiger partial charge in [-0.05, 0) is 24.3 Å². The van der Waals surface area contributed by atoms with Crippen LogP contribution in [0.25, 0.3) is 0 Å². The van der Waals surface area contributed by atoms with Gasteiger partial charge < -0.3 is 10.5 Å². The molecular formula is C15H12Cl2FNO. The molecule has 2 N–H and O–H groups in total. The molecule has 2 atom stereocenters. The van der Waals surface area contributed by atoms with Crippen LogP contribution in [0.1, 0.15) is 29.7 Å². The third kappa shape index (κ3) is 2.49. The molecule has 0 aliphatic carbocycles. The predicted molar refractivity (Wildman–Crippen MR) is 77.8 cm³/mol. The lowest BCUT2D eigenvalue weighted by atomic mass is 9.93. The van der Waals surface area contributed by atoms with E-state index in [9.17, 15) is 4.39 Å². The van der Waals surface area contributed by atoms with Crippen LogP contribution in [-0.2, 0) is 0 Å². The summed E-state index contributed by atoms with van der Waals surface area (Å²) in [6.45, 7) is 0. The zero-order chi connectivity index (χ0) is 14.3.